The molecule has 0 saturated heterocycles. The van der Waals surface area contributed by atoms with Crippen LogP contribution in [-0.2, 0) is 29.4 Å². The Morgan fingerprint density at radius 3 is 1.80 bits per heavy atom. The Hall–Kier alpha value is -2.77. The van der Waals surface area contributed by atoms with E-state index < -0.39 is 15.7 Å². The molecule has 0 heterocycles. The number of allylic oxidation sites excluding steroid dienone is 1. The van der Waals surface area contributed by atoms with Gasteiger partial charge < -0.3 is 9.47 Å². The van der Waals surface area contributed by atoms with Crippen LogP contribution >= 0.6 is 0 Å². The van der Waals surface area contributed by atoms with Crippen molar-refractivity contribution < 1.29 is 22.1 Å². The summed E-state index contributed by atoms with van der Waals surface area (Å²) in [5, 5.41) is 0. The highest BCUT2D eigenvalue weighted by atomic mass is 32.2. The molecular formula is C34H42O5S. The van der Waals surface area contributed by atoms with E-state index in [1.54, 1.807) is 7.11 Å². The molecule has 3 aromatic rings. The summed E-state index contributed by atoms with van der Waals surface area (Å²) in [4.78, 5) is 0. The van der Waals surface area contributed by atoms with Gasteiger partial charge >= 0.3 is 0 Å². The molecule has 0 bridgehead atoms. The van der Waals surface area contributed by atoms with Gasteiger partial charge in [-0.05, 0) is 54.2 Å². The Kier molecular flexibility index (Phi) is 9.68. The van der Waals surface area contributed by atoms with Crippen molar-refractivity contribution in [3.05, 3.63) is 120 Å². The summed E-state index contributed by atoms with van der Waals surface area (Å²) >= 11 is 0. The molecule has 0 aliphatic heterocycles. The van der Waals surface area contributed by atoms with E-state index in [-0.39, 0.29) is 30.0 Å². The van der Waals surface area contributed by atoms with Crippen LogP contribution < -0.4 is 0 Å². The van der Waals surface area contributed by atoms with Crippen molar-refractivity contribution >= 4 is 10.1 Å². The van der Waals surface area contributed by atoms with Crippen LogP contribution in [0.25, 0.3) is 0 Å². The second-order valence-electron chi connectivity index (χ2n) is 11.3. The molecule has 4 atom stereocenters. The Balaban J connectivity index is 1.67. The molecule has 6 heteroatoms. The fourth-order valence-electron chi connectivity index (χ4n) is 6.52. The largest absolute Gasteiger partial charge is 0.380 e. The second-order valence-corrected chi connectivity index (χ2v) is 13.0. The maximum absolute atomic E-state index is 11.9. The van der Waals surface area contributed by atoms with E-state index in [2.05, 4.69) is 49.9 Å². The van der Waals surface area contributed by atoms with E-state index in [1.165, 1.54) is 0 Å². The molecule has 0 aromatic heterocycles. The molecule has 40 heavy (non-hydrogen) atoms. The Bertz CT molecular complexity index is 1240. The van der Waals surface area contributed by atoms with Crippen LogP contribution in [0.15, 0.2) is 103 Å². The van der Waals surface area contributed by atoms with Gasteiger partial charge in [0, 0.05) is 19.6 Å². The lowest BCUT2D eigenvalue weighted by Crippen LogP contribution is -2.50. The van der Waals surface area contributed by atoms with Crippen LogP contribution in [0.4, 0.5) is 0 Å². The summed E-state index contributed by atoms with van der Waals surface area (Å²) < 4.78 is 42.3. The maximum atomic E-state index is 11.9. The maximum Gasteiger partial charge on any atom is 0.264 e. The van der Waals surface area contributed by atoms with E-state index in [0.717, 1.165) is 47.8 Å². The molecule has 0 spiro atoms. The highest BCUT2D eigenvalue weighted by Crippen LogP contribution is 2.49. The van der Waals surface area contributed by atoms with Crippen molar-refractivity contribution in [3.8, 4) is 0 Å². The SMILES string of the molecule is C=C(C)[C@@H]1CC[C@@](C)(CCOC(c2ccccc2)(c2ccccc2)c2ccccc2)[C@H](OC)[C@H]1COS(C)(=O)=O. The van der Waals surface area contributed by atoms with Gasteiger partial charge in [-0.15, -0.1) is 0 Å². The zero-order chi connectivity index (χ0) is 28.8. The predicted molar refractivity (Wildman–Crippen MR) is 161 cm³/mol. The molecule has 0 radical (unpaired) electrons. The number of hydrogen-bond donors (Lipinski definition) is 0. The quantitative estimate of drug-likeness (QED) is 0.135. The standard InChI is InChI=1S/C34H42O5S/c1-26(2)30-21-22-33(3,32(37-4)31(30)25-39-40(5,35)36)23-24-38-34(27-15-9-6-10-16-27,28-17-11-7-12-18-28)29-19-13-8-14-20-29/h6-20,30-32H,1,21-25H2,2-5H3/t30-,31-,32+,33-/m0/s1. The van der Waals surface area contributed by atoms with E-state index in [9.17, 15) is 8.42 Å². The summed E-state index contributed by atoms with van der Waals surface area (Å²) in [6.45, 7) is 8.98. The molecule has 0 unspecified atom stereocenters. The monoisotopic (exact) mass is 562 g/mol. The topological polar surface area (TPSA) is 61.8 Å². The molecule has 4 rings (SSSR count). The second kappa shape index (κ2) is 12.8. The Labute approximate surface area is 240 Å². The third-order valence-electron chi connectivity index (χ3n) is 8.51. The van der Waals surface area contributed by atoms with Crippen molar-refractivity contribution in [3.63, 3.8) is 0 Å². The van der Waals surface area contributed by atoms with Gasteiger partial charge in [0.1, 0.15) is 5.60 Å². The van der Waals surface area contributed by atoms with Gasteiger partial charge in [-0.25, -0.2) is 0 Å². The van der Waals surface area contributed by atoms with Crippen LogP contribution in [0.3, 0.4) is 0 Å². The number of methoxy groups -OCH3 is 1. The lowest BCUT2D eigenvalue weighted by molar-refractivity contribution is -0.114. The smallest absolute Gasteiger partial charge is 0.264 e. The number of ether oxygens (including phenoxy) is 2. The van der Waals surface area contributed by atoms with E-state index in [4.69, 9.17) is 13.7 Å². The molecule has 1 saturated carbocycles. The van der Waals surface area contributed by atoms with Crippen molar-refractivity contribution in [2.24, 2.45) is 17.3 Å². The first-order chi connectivity index (χ1) is 19.1. The van der Waals surface area contributed by atoms with Crippen molar-refractivity contribution in [2.75, 3.05) is 26.6 Å². The zero-order valence-corrected chi connectivity index (χ0v) is 24.9. The minimum Gasteiger partial charge on any atom is -0.380 e. The van der Waals surface area contributed by atoms with Crippen LogP contribution in [0, 0.1) is 17.3 Å². The molecule has 1 fully saturated rings. The number of rotatable bonds is 12. The van der Waals surface area contributed by atoms with Crippen molar-refractivity contribution in [2.45, 2.75) is 44.8 Å². The summed E-state index contributed by atoms with van der Waals surface area (Å²) in [6, 6.07) is 31.1. The van der Waals surface area contributed by atoms with E-state index in [0.29, 0.717) is 6.61 Å². The minimum atomic E-state index is -3.58. The van der Waals surface area contributed by atoms with Crippen molar-refractivity contribution in [1.82, 2.24) is 0 Å². The van der Waals surface area contributed by atoms with Crippen LogP contribution in [0.1, 0.15) is 49.8 Å². The Morgan fingerprint density at radius 2 is 1.40 bits per heavy atom. The highest BCUT2D eigenvalue weighted by Gasteiger charge is 2.48. The first-order valence-corrected chi connectivity index (χ1v) is 15.8. The third-order valence-corrected chi connectivity index (χ3v) is 9.08. The lowest BCUT2D eigenvalue weighted by atomic mass is 9.61. The molecule has 214 valence electrons. The third kappa shape index (κ3) is 6.58. The molecule has 1 aliphatic carbocycles. The average Bonchev–Trinajstić information content (AvgIpc) is 2.95. The summed E-state index contributed by atoms with van der Waals surface area (Å²) in [5.41, 5.74) is 3.17. The molecule has 3 aromatic carbocycles. The van der Waals surface area contributed by atoms with Crippen LogP contribution in [0.5, 0.6) is 0 Å². The highest BCUT2D eigenvalue weighted by molar-refractivity contribution is 7.85. The van der Waals surface area contributed by atoms with Gasteiger partial charge in [0.15, 0.2) is 0 Å². The molecule has 0 N–H and O–H groups in total. The van der Waals surface area contributed by atoms with Crippen LogP contribution in [-0.4, -0.2) is 41.1 Å². The molecule has 0 amide bonds. The van der Waals surface area contributed by atoms with E-state index in [1.807, 2.05) is 61.5 Å². The summed E-state index contributed by atoms with van der Waals surface area (Å²) in [7, 11) is -1.87. The number of hydrogen-bond acceptors (Lipinski definition) is 5. The first kappa shape index (κ1) is 30.2. The van der Waals surface area contributed by atoms with Gasteiger partial charge in [-0.3, -0.25) is 4.18 Å². The van der Waals surface area contributed by atoms with Crippen LogP contribution in [0.2, 0.25) is 0 Å². The summed E-state index contributed by atoms with van der Waals surface area (Å²) in [6.07, 6.45) is 3.42. The van der Waals surface area contributed by atoms with E-state index >= 15 is 0 Å². The molecule has 1 aliphatic rings. The first-order valence-electron chi connectivity index (χ1n) is 13.9. The fraction of sp³-hybridized carbons (Fsp3) is 0.412. The molecular weight excluding hydrogens is 520 g/mol. The van der Waals surface area contributed by atoms with Gasteiger partial charge in [0.05, 0.1) is 19.0 Å². The normalized spacial score (nSPS) is 23.6. The lowest BCUT2D eigenvalue weighted by Gasteiger charge is -2.49. The predicted octanol–water partition coefficient (Wildman–Crippen LogP) is 6.99. The average molecular weight is 563 g/mol. The Morgan fingerprint density at radius 1 is 0.925 bits per heavy atom. The summed E-state index contributed by atoms with van der Waals surface area (Å²) in [5.74, 6) is -0.00385. The fourth-order valence-corrected chi connectivity index (χ4v) is 6.92. The van der Waals surface area contributed by atoms with Gasteiger partial charge in [0.25, 0.3) is 10.1 Å². The van der Waals surface area contributed by atoms with Crippen molar-refractivity contribution in [1.29, 1.82) is 0 Å². The van der Waals surface area contributed by atoms with Gasteiger partial charge in [-0.2, -0.15) is 8.42 Å². The van der Waals surface area contributed by atoms with Gasteiger partial charge in [0.2, 0.25) is 0 Å². The number of benzene rings is 3. The minimum absolute atomic E-state index is 0.0767. The molecule has 5 nitrogen and oxygen atoms in total. The zero-order valence-electron chi connectivity index (χ0n) is 24.1. The van der Waals surface area contributed by atoms with Gasteiger partial charge in [-0.1, -0.05) is 110 Å².